The number of anilines is 1. The Labute approximate surface area is 147 Å². The molecule has 1 aromatic heterocycles. The Morgan fingerprint density at radius 2 is 1.92 bits per heavy atom. The van der Waals surface area contributed by atoms with E-state index < -0.39 is 0 Å². The zero-order valence-corrected chi connectivity index (χ0v) is 14.1. The summed E-state index contributed by atoms with van der Waals surface area (Å²) in [4.78, 5) is 15.4. The Bertz CT molecular complexity index is 824. The lowest BCUT2D eigenvalue weighted by molar-refractivity contribution is -0.116. The highest BCUT2D eigenvalue weighted by atomic mass is 16.5. The van der Waals surface area contributed by atoms with E-state index in [0.717, 1.165) is 29.8 Å². The Balaban J connectivity index is 1.46. The molecule has 5 nitrogen and oxygen atoms in total. The molecule has 1 amide bonds. The number of aromatic amines is 1. The van der Waals surface area contributed by atoms with Gasteiger partial charge < -0.3 is 20.8 Å². The van der Waals surface area contributed by atoms with Crippen molar-refractivity contribution < 1.29 is 9.53 Å². The Morgan fingerprint density at radius 1 is 1.12 bits per heavy atom. The predicted molar refractivity (Wildman–Crippen MR) is 101 cm³/mol. The third-order valence-corrected chi connectivity index (χ3v) is 4.05. The molecule has 0 saturated heterocycles. The summed E-state index contributed by atoms with van der Waals surface area (Å²) in [6.45, 7) is 0.967. The molecule has 0 unspecified atom stereocenters. The van der Waals surface area contributed by atoms with E-state index in [0.29, 0.717) is 19.6 Å². The van der Waals surface area contributed by atoms with Crippen molar-refractivity contribution in [1.29, 1.82) is 0 Å². The number of aromatic nitrogens is 1. The van der Waals surface area contributed by atoms with Gasteiger partial charge in [0.25, 0.3) is 0 Å². The average Bonchev–Trinajstić information content (AvgIpc) is 3.04. The number of rotatable bonds is 8. The summed E-state index contributed by atoms with van der Waals surface area (Å²) < 4.78 is 5.42. The second-order valence-corrected chi connectivity index (χ2v) is 5.92. The van der Waals surface area contributed by atoms with Crippen LogP contribution in [0.2, 0.25) is 0 Å². The molecule has 5 heteroatoms. The van der Waals surface area contributed by atoms with Gasteiger partial charge in [0.1, 0.15) is 12.4 Å². The van der Waals surface area contributed by atoms with E-state index in [1.54, 1.807) is 0 Å². The van der Waals surface area contributed by atoms with Gasteiger partial charge in [0.15, 0.2) is 0 Å². The fraction of sp³-hybridized carbons (Fsp3) is 0.250. The van der Waals surface area contributed by atoms with Crippen molar-refractivity contribution >= 4 is 22.5 Å². The fourth-order valence-electron chi connectivity index (χ4n) is 2.81. The summed E-state index contributed by atoms with van der Waals surface area (Å²) in [5.74, 6) is 0.776. The molecule has 0 bridgehead atoms. The minimum Gasteiger partial charge on any atom is -0.492 e. The number of hydrogen-bond acceptors (Lipinski definition) is 3. The Morgan fingerprint density at radius 3 is 2.72 bits per heavy atom. The molecule has 3 aromatic rings. The zero-order chi connectivity index (χ0) is 17.5. The van der Waals surface area contributed by atoms with Crippen molar-refractivity contribution in [3.8, 4) is 5.75 Å². The van der Waals surface area contributed by atoms with Crippen LogP contribution >= 0.6 is 0 Å². The summed E-state index contributed by atoms with van der Waals surface area (Å²) in [5.41, 5.74) is 8.57. The van der Waals surface area contributed by atoms with Crippen LogP contribution in [0.25, 0.3) is 10.9 Å². The molecule has 0 spiro atoms. The van der Waals surface area contributed by atoms with Gasteiger partial charge in [-0.1, -0.05) is 18.2 Å². The molecule has 25 heavy (non-hydrogen) atoms. The normalized spacial score (nSPS) is 10.8. The van der Waals surface area contributed by atoms with E-state index in [9.17, 15) is 4.79 Å². The predicted octanol–water partition coefficient (Wildman–Crippen LogP) is 3.47. The Hall–Kier alpha value is -2.79. The van der Waals surface area contributed by atoms with E-state index in [1.165, 1.54) is 10.9 Å². The van der Waals surface area contributed by atoms with Crippen LogP contribution in [0.3, 0.4) is 0 Å². The molecule has 0 aliphatic heterocycles. The second-order valence-electron chi connectivity index (χ2n) is 5.92. The maximum Gasteiger partial charge on any atom is 0.224 e. The number of para-hydroxylation sites is 1. The summed E-state index contributed by atoms with van der Waals surface area (Å²) in [6, 6.07) is 15.6. The second kappa shape index (κ2) is 8.35. The molecule has 0 fully saturated rings. The van der Waals surface area contributed by atoms with E-state index in [4.69, 9.17) is 10.5 Å². The quantitative estimate of drug-likeness (QED) is 0.589. The number of fused-ring (bicyclic) bond motifs is 1. The first kappa shape index (κ1) is 17.0. The molecular formula is C20H23N3O2. The fourth-order valence-corrected chi connectivity index (χ4v) is 2.81. The zero-order valence-electron chi connectivity index (χ0n) is 14.1. The molecule has 130 valence electrons. The number of nitrogens with one attached hydrogen (secondary N) is 2. The number of aryl methyl sites for hydroxylation is 1. The molecule has 2 aromatic carbocycles. The number of carbonyl (C=O) groups excluding carboxylic acids is 1. The maximum absolute atomic E-state index is 12.1. The lowest BCUT2D eigenvalue weighted by atomic mass is 10.1. The maximum atomic E-state index is 12.1. The number of ether oxygens (including phenoxy) is 1. The number of amides is 1. The van der Waals surface area contributed by atoms with Gasteiger partial charge in [0, 0.05) is 35.8 Å². The van der Waals surface area contributed by atoms with Crippen LogP contribution in [-0.4, -0.2) is 24.0 Å². The summed E-state index contributed by atoms with van der Waals surface area (Å²) >= 11 is 0. The van der Waals surface area contributed by atoms with Gasteiger partial charge >= 0.3 is 0 Å². The molecule has 0 aliphatic rings. The van der Waals surface area contributed by atoms with Crippen LogP contribution in [-0.2, 0) is 11.2 Å². The number of hydrogen-bond donors (Lipinski definition) is 3. The number of nitrogens with two attached hydrogens (primary N) is 1. The highest BCUT2D eigenvalue weighted by molar-refractivity contribution is 5.90. The molecule has 0 atom stereocenters. The minimum atomic E-state index is 0.0236. The summed E-state index contributed by atoms with van der Waals surface area (Å²) in [5, 5.41) is 4.15. The van der Waals surface area contributed by atoms with Crippen LogP contribution < -0.4 is 15.8 Å². The van der Waals surface area contributed by atoms with E-state index in [-0.39, 0.29) is 5.91 Å². The topological polar surface area (TPSA) is 80.1 Å². The molecule has 0 saturated carbocycles. The van der Waals surface area contributed by atoms with Crippen LogP contribution in [0.5, 0.6) is 5.75 Å². The minimum absolute atomic E-state index is 0.0236. The molecule has 1 heterocycles. The number of carbonyl (C=O) groups is 1. The lowest BCUT2D eigenvalue weighted by Crippen LogP contribution is -2.12. The third kappa shape index (κ3) is 4.61. The number of H-pyrrole nitrogens is 1. The first-order chi connectivity index (χ1) is 12.3. The standard InChI is InChI=1S/C20H23N3O2/c21-12-13-25-17-10-8-16(9-11-17)23-20(24)7-3-4-15-14-22-19-6-2-1-5-18(15)19/h1-2,5-6,8-11,14,22H,3-4,7,12-13,21H2,(H,23,24). The first-order valence-corrected chi connectivity index (χ1v) is 8.54. The largest absolute Gasteiger partial charge is 0.492 e. The van der Waals surface area contributed by atoms with Crippen molar-refractivity contribution in [1.82, 2.24) is 4.98 Å². The van der Waals surface area contributed by atoms with Crippen molar-refractivity contribution in [2.75, 3.05) is 18.5 Å². The van der Waals surface area contributed by atoms with Crippen molar-refractivity contribution in [3.05, 3.63) is 60.3 Å². The van der Waals surface area contributed by atoms with Gasteiger partial charge in [-0.15, -0.1) is 0 Å². The highest BCUT2D eigenvalue weighted by Crippen LogP contribution is 2.20. The number of benzene rings is 2. The van der Waals surface area contributed by atoms with Gasteiger partial charge in [0.05, 0.1) is 0 Å². The Kier molecular flexibility index (Phi) is 5.69. The van der Waals surface area contributed by atoms with Crippen molar-refractivity contribution in [3.63, 3.8) is 0 Å². The average molecular weight is 337 g/mol. The van der Waals surface area contributed by atoms with Crippen LogP contribution in [0.4, 0.5) is 5.69 Å². The molecule has 3 rings (SSSR count). The van der Waals surface area contributed by atoms with Crippen molar-refractivity contribution in [2.45, 2.75) is 19.3 Å². The monoisotopic (exact) mass is 337 g/mol. The van der Waals surface area contributed by atoms with Gasteiger partial charge in [-0.05, 0) is 48.7 Å². The summed E-state index contributed by atoms with van der Waals surface area (Å²) in [6.07, 6.45) is 4.21. The van der Waals surface area contributed by atoms with Crippen LogP contribution in [0.1, 0.15) is 18.4 Å². The smallest absolute Gasteiger partial charge is 0.224 e. The van der Waals surface area contributed by atoms with E-state index >= 15 is 0 Å². The highest BCUT2D eigenvalue weighted by Gasteiger charge is 2.06. The van der Waals surface area contributed by atoms with Gasteiger partial charge in [-0.3, -0.25) is 4.79 Å². The van der Waals surface area contributed by atoms with Crippen LogP contribution in [0.15, 0.2) is 54.7 Å². The lowest BCUT2D eigenvalue weighted by Gasteiger charge is -2.07. The third-order valence-electron chi connectivity index (χ3n) is 4.05. The van der Waals surface area contributed by atoms with Gasteiger partial charge in [-0.25, -0.2) is 0 Å². The van der Waals surface area contributed by atoms with E-state index in [2.05, 4.69) is 22.4 Å². The SMILES string of the molecule is NCCOc1ccc(NC(=O)CCCc2c[nH]c3ccccc23)cc1. The molecular weight excluding hydrogens is 314 g/mol. The summed E-state index contributed by atoms with van der Waals surface area (Å²) in [7, 11) is 0. The van der Waals surface area contributed by atoms with Crippen LogP contribution in [0, 0.1) is 0 Å². The van der Waals surface area contributed by atoms with Gasteiger partial charge in [-0.2, -0.15) is 0 Å². The van der Waals surface area contributed by atoms with E-state index in [1.807, 2.05) is 42.6 Å². The van der Waals surface area contributed by atoms with Crippen molar-refractivity contribution in [2.24, 2.45) is 5.73 Å². The molecule has 0 aliphatic carbocycles. The first-order valence-electron chi connectivity index (χ1n) is 8.54. The molecule has 4 N–H and O–H groups in total. The molecule has 0 radical (unpaired) electrons. The van der Waals surface area contributed by atoms with Gasteiger partial charge in [0.2, 0.25) is 5.91 Å².